The number of nitrogens with one attached hydrogen (secondary N) is 2. The Morgan fingerprint density at radius 3 is 2.82 bits per heavy atom. The van der Waals surface area contributed by atoms with E-state index in [0.29, 0.717) is 12.2 Å². The Morgan fingerprint density at radius 1 is 1.21 bits per heavy atom. The largest absolute Gasteiger partial charge is 0.497 e. The number of hydrogen-bond donors (Lipinski definition) is 2. The maximum Gasteiger partial charge on any atom is 0.269 e. The topological polar surface area (TPSA) is 75.7 Å². The molecule has 1 aromatic heterocycles. The van der Waals surface area contributed by atoms with Crippen molar-refractivity contribution >= 4 is 11.6 Å². The van der Waals surface area contributed by atoms with Gasteiger partial charge < -0.3 is 20.1 Å². The minimum absolute atomic E-state index is 0.142. The van der Waals surface area contributed by atoms with Gasteiger partial charge in [0.2, 0.25) is 0 Å². The number of carbonyl (C=O) groups is 1. The number of rotatable bonds is 9. The monoisotopic (exact) mass is 384 g/mol. The van der Waals surface area contributed by atoms with Crippen LogP contribution in [0, 0.1) is 0 Å². The molecule has 0 saturated carbocycles. The highest BCUT2D eigenvalue weighted by molar-refractivity contribution is 5.92. The van der Waals surface area contributed by atoms with E-state index in [9.17, 15) is 4.79 Å². The van der Waals surface area contributed by atoms with Crippen LogP contribution in [0.2, 0.25) is 0 Å². The molecule has 0 atom stereocenters. The van der Waals surface area contributed by atoms with Crippen LogP contribution >= 0.6 is 0 Å². The zero-order valence-electron chi connectivity index (χ0n) is 16.3. The summed E-state index contributed by atoms with van der Waals surface area (Å²) in [6.07, 6.45) is 2.57. The standard InChI is InChI=1S/C21H28N4O3/c1-27-19-4-2-3-17(15-19)7-8-22-18-5-6-20(24-16-18)21(26)23-9-10-25-11-13-28-14-12-25/h2-6,15-16,22H,7-14H2,1H3,(H,23,26). The molecule has 7 heteroatoms. The van der Waals surface area contributed by atoms with Crippen molar-refractivity contribution in [1.29, 1.82) is 0 Å². The summed E-state index contributed by atoms with van der Waals surface area (Å²) >= 11 is 0. The fraction of sp³-hybridized carbons (Fsp3) is 0.429. The molecule has 1 saturated heterocycles. The van der Waals surface area contributed by atoms with Gasteiger partial charge in [-0.3, -0.25) is 9.69 Å². The second-order valence-corrected chi connectivity index (χ2v) is 6.67. The van der Waals surface area contributed by atoms with Crippen molar-refractivity contribution in [2.45, 2.75) is 6.42 Å². The van der Waals surface area contributed by atoms with Gasteiger partial charge in [-0.25, -0.2) is 4.98 Å². The van der Waals surface area contributed by atoms with E-state index in [2.05, 4.69) is 26.6 Å². The van der Waals surface area contributed by atoms with E-state index in [1.807, 2.05) is 24.3 Å². The van der Waals surface area contributed by atoms with E-state index in [4.69, 9.17) is 9.47 Å². The molecule has 1 aromatic carbocycles. The molecule has 1 aliphatic heterocycles. The van der Waals surface area contributed by atoms with Gasteiger partial charge in [0.15, 0.2) is 0 Å². The number of carbonyl (C=O) groups excluding carboxylic acids is 1. The average molecular weight is 384 g/mol. The highest BCUT2D eigenvalue weighted by Gasteiger charge is 2.11. The number of nitrogens with zero attached hydrogens (tertiary/aromatic N) is 2. The number of ether oxygens (including phenoxy) is 2. The third-order valence-corrected chi connectivity index (χ3v) is 4.69. The van der Waals surface area contributed by atoms with E-state index in [1.54, 1.807) is 19.4 Å². The number of aromatic nitrogens is 1. The molecule has 3 rings (SSSR count). The first-order valence-electron chi connectivity index (χ1n) is 9.66. The predicted molar refractivity (Wildman–Crippen MR) is 109 cm³/mol. The minimum atomic E-state index is -0.142. The molecule has 1 aliphatic rings. The summed E-state index contributed by atoms with van der Waals surface area (Å²) in [5.41, 5.74) is 2.53. The molecule has 0 aliphatic carbocycles. The molecular formula is C21H28N4O3. The molecule has 2 aromatic rings. The number of anilines is 1. The molecule has 7 nitrogen and oxygen atoms in total. The van der Waals surface area contributed by atoms with E-state index < -0.39 is 0 Å². The SMILES string of the molecule is COc1cccc(CCNc2ccc(C(=O)NCCN3CCOCC3)nc2)c1. The van der Waals surface area contributed by atoms with Gasteiger partial charge in [-0.1, -0.05) is 12.1 Å². The molecule has 0 spiro atoms. The van der Waals surface area contributed by atoms with Crippen LogP contribution in [0.5, 0.6) is 5.75 Å². The Morgan fingerprint density at radius 2 is 2.07 bits per heavy atom. The van der Waals surface area contributed by atoms with Crippen molar-refractivity contribution < 1.29 is 14.3 Å². The van der Waals surface area contributed by atoms with Crippen LogP contribution in [0.4, 0.5) is 5.69 Å². The molecule has 28 heavy (non-hydrogen) atoms. The number of morpholine rings is 1. The quantitative estimate of drug-likeness (QED) is 0.687. The van der Waals surface area contributed by atoms with Gasteiger partial charge in [0.1, 0.15) is 11.4 Å². The molecule has 1 amide bonds. The Labute approximate surface area is 166 Å². The van der Waals surface area contributed by atoms with Crippen LogP contribution < -0.4 is 15.4 Å². The van der Waals surface area contributed by atoms with Crippen molar-refractivity contribution in [2.24, 2.45) is 0 Å². The molecule has 0 unspecified atom stereocenters. The lowest BCUT2D eigenvalue weighted by molar-refractivity contribution is 0.0383. The molecule has 0 radical (unpaired) electrons. The summed E-state index contributed by atoms with van der Waals surface area (Å²) in [6.45, 7) is 5.60. The third-order valence-electron chi connectivity index (χ3n) is 4.69. The average Bonchev–Trinajstić information content (AvgIpc) is 2.75. The van der Waals surface area contributed by atoms with E-state index in [-0.39, 0.29) is 5.91 Å². The summed E-state index contributed by atoms with van der Waals surface area (Å²) in [4.78, 5) is 18.8. The lowest BCUT2D eigenvalue weighted by atomic mass is 10.1. The first-order chi connectivity index (χ1) is 13.7. The number of amides is 1. The Bertz CT molecular complexity index is 746. The molecule has 2 N–H and O–H groups in total. The summed E-state index contributed by atoms with van der Waals surface area (Å²) in [5.74, 6) is 0.722. The number of pyridine rings is 1. The zero-order chi connectivity index (χ0) is 19.6. The van der Waals surface area contributed by atoms with Crippen LogP contribution in [0.25, 0.3) is 0 Å². The molecular weight excluding hydrogens is 356 g/mol. The van der Waals surface area contributed by atoms with Gasteiger partial charge in [0, 0.05) is 32.7 Å². The zero-order valence-corrected chi connectivity index (χ0v) is 16.3. The van der Waals surface area contributed by atoms with Crippen LogP contribution in [-0.2, 0) is 11.2 Å². The number of benzene rings is 1. The second-order valence-electron chi connectivity index (χ2n) is 6.67. The van der Waals surface area contributed by atoms with Crippen LogP contribution in [-0.4, -0.2) is 68.8 Å². The van der Waals surface area contributed by atoms with Crippen LogP contribution in [0.3, 0.4) is 0 Å². The second kappa shape index (κ2) is 10.6. The fourth-order valence-electron chi connectivity index (χ4n) is 3.05. The lowest BCUT2D eigenvalue weighted by Crippen LogP contribution is -2.41. The lowest BCUT2D eigenvalue weighted by Gasteiger charge is -2.26. The summed E-state index contributed by atoms with van der Waals surface area (Å²) in [7, 11) is 1.67. The first kappa shape index (κ1) is 20.1. The fourth-order valence-corrected chi connectivity index (χ4v) is 3.05. The highest BCUT2D eigenvalue weighted by Crippen LogP contribution is 2.13. The van der Waals surface area contributed by atoms with Crippen molar-refractivity contribution in [2.75, 3.05) is 58.4 Å². The third kappa shape index (κ3) is 6.21. The predicted octanol–water partition coefficient (Wildman–Crippen LogP) is 1.81. The molecule has 150 valence electrons. The van der Waals surface area contributed by atoms with Crippen molar-refractivity contribution in [3.05, 3.63) is 53.9 Å². The smallest absolute Gasteiger partial charge is 0.269 e. The maximum atomic E-state index is 12.2. The molecule has 0 bridgehead atoms. The Kier molecular flexibility index (Phi) is 7.63. The van der Waals surface area contributed by atoms with Crippen LogP contribution in [0.1, 0.15) is 16.1 Å². The van der Waals surface area contributed by atoms with Gasteiger partial charge in [0.25, 0.3) is 5.91 Å². The Hall–Kier alpha value is -2.64. The first-order valence-corrected chi connectivity index (χ1v) is 9.66. The van der Waals surface area contributed by atoms with Crippen LogP contribution in [0.15, 0.2) is 42.6 Å². The van der Waals surface area contributed by atoms with Gasteiger partial charge in [-0.15, -0.1) is 0 Å². The van der Waals surface area contributed by atoms with Gasteiger partial charge in [-0.2, -0.15) is 0 Å². The summed E-state index contributed by atoms with van der Waals surface area (Å²) in [5, 5.41) is 6.25. The maximum absolute atomic E-state index is 12.2. The van der Waals surface area contributed by atoms with Gasteiger partial charge in [-0.05, 0) is 36.2 Å². The minimum Gasteiger partial charge on any atom is -0.497 e. The van der Waals surface area contributed by atoms with Crippen molar-refractivity contribution in [1.82, 2.24) is 15.2 Å². The normalized spacial score (nSPS) is 14.5. The molecule has 2 heterocycles. The van der Waals surface area contributed by atoms with E-state index in [0.717, 1.165) is 57.3 Å². The summed E-state index contributed by atoms with van der Waals surface area (Å²) in [6, 6.07) is 11.7. The van der Waals surface area contributed by atoms with Crippen molar-refractivity contribution in [3.63, 3.8) is 0 Å². The highest BCUT2D eigenvalue weighted by atomic mass is 16.5. The molecule has 1 fully saturated rings. The van der Waals surface area contributed by atoms with E-state index in [1.165, 1.54) is 5.56 Å². The van der Waals surface area contributed by atoms with Gasteiger partial charge in [0.05, 0.1) is 32.2 Å². The number of hydrogen-bond acceptors (Lipinski definition) is 6. The number of methoxy groups -OCH3 is 1. The van der Waals surface area contributed by atoms with Gasteiger partial charge >= 0.3 is 0 Å². The summed E-state index contributed by atoms with van der Waals surface area (Å²) < 4.78 is 10.6. The Balaban J connectivity index is 1.39. The van der Waals surface area contributed by atoms with E-state index >= 15 is 0 Å². The van der Waals surface area contributed by atoms with Crippen molar-refractivity contribution in [3.8, 4) is 5.75 Å².